The number of hydrogen-bond acceptors (Lipinski definition) is 6. The zero-order chi connectivity index (χ0) is 38.5. The molecule has 0 N–H and O–H groups in total. The summed E-state index contributed by atoms with van der Waals surface area (Å²) in [6, 6.07) is 0. The number of hydrogen-bond donors (Lipinski definition) is 0. The fourth-order valence-corrected chi connectivity index (χ4v) is 7.99. The van der Waals surface area contributed by atoms with Gasteiger partial charge in [-0.3, -0.25) is 9.59 Å². The Morgan fingerprint density at radius 3 is 1.34 bits per heavy atom. The van der Waals surface area contributed by atoms with Crippen LogP contribution in [0.25, 0.3) is 0 Å². The van der Waals surface area contributed by atoms with Gasteiger partial charge < -0.3 is 19.3 Å². The Kier molecular flexibility index (Phi) is 35.5. The highest BCUT2D eigenvalue weighted by atomic mass is 16.5. The third-order valence-electron chi connectivity index (χ3n) is 11.7. The molecule has 1 heterocycles. The predicted molar refractivity (Wildman–Crippen MR) is 228 cm³/mol. The molecule has 6 nitrogen and oxygen atoms in total. The molecule has 0 amide bonds. The minimum atomic E-state index is -0.0272. The van der Waals surface area contributed by atoms with E-state index in [4.69, 9.17) is 9.47 Å². The average Bonchev–Trinajstić information content (AvgIpc) is 3.69. The first-order valence-corrected chi connectivity index (χ1v) is 23.8. The fourth-order valence-electron chi connectivity index (χ4n) is 7.99. The largest absolute Gasteiger partial charge is 0.465 e. The lowest BCUT2D eigenvalue weighted by Crippen LogP contribution is -2.36. The smallest absolute Gasteiger partial charge is 0.307 e. The summed E-state index contributed by atoms with van der Waals surface area (Å²) >= 11 is 0. The van der Waals surface area contributed by atoms with Crippen molar-refractivity contribution in [2.45, 2.75) is 227 Å². The molecular weight excluding hydrogens is 657 g/mol. The maximum Gasteiger partial charge on any atom is 0.307 e. The van der Waals surface area contributed by atoms with Crippen LogP contribution in [0, 0.1) is 11.8 Å². The van der Waals surface area contributed by atoms with Gasteiger partial charge in [0.2, 0.25) is 0 Å². The summed E-state index contributed by atoms with van der Waals surface area (Å²) in [7, 11) is 0. The van der Waals surface area contributed by atoms with Crippen molar-refractivity contribution in [2.24, 2.45) is 11.8 Å². The van der Waals surface area contributed by atoms with E-state index in [0.717, 1.165) is 45.4 Å². The summed E-state index contributed by atoms with van der Waals surface area (Å²) in [5.41, 5.74) is 0. The van der Waals surface area contributed by atoms with E-state index < -0.39 is 0 Å². The number of rotatable bonds is 40. The Balaban J connectivity index is 2.45. The Bertz CT molecular complexity index is 801. The lowest BCUT2D eigenvalue weighted by molar-refractivity contribution is -0.146. The molecule has 0 radical (unpaired) electrons. The second-order valence-corrected chi connectivity index (χ2v) is 16.9. The fraction of sp³-hybridized carbons (Fsp3) is 0.957. The topological polar surface area (TPSA) is 59.1 Å². The van der Waals surface area contributed by atoms with Crippen LogP contribution in [0.1, 0.15) is 227 Å². The molecule has 6 heteroatoms. The van der Waals surface area contributed by atoms with Crippen molar-refractivity contribution >= 4 is 11.9 Å². The van der Waals surface area contributed by atoms with E-state index in [-0.39, 0.29) is 11.9 Å². The van der Waals surface area contributed by atoms with Crippen LogP contribution in [0.4, 0.5) is 0 Å². The number of carbonyl (C=O) groups excluding carboxylic acids is 2. The van der Waals surface area contributed by atoms with Gasteiger partial charge in [0.15, 0.2) is 0 Å². The molecule has 2 unspecified atom stereocenters. The molecule has 314 valence electrons. The number of esters is 2. The maximum absolute atomic E-state index is 13.0. The van der Waals surface area contributed by atoms with Crippen LogP contribution in [-0.2, 0) is 19.1 Å². The zero-order valence-corrected chi connectivity index (χ0v) is 36.3. The lowest BCUT2D eigenvalue weighted by Gasteiger charge is -2.25. The van der Waals surface area contributed by atoms with Crippen molar-refractivity contribution in [1.82, 2.24) is 9.80 Å². The number of nitrogens with zero attached hydrogens (tertiary/aromatic N) is 2. The molecule has 0 saturated carbocycles. The Hall–Kier alpha value is -1.14. The summed E-state index contributed by atoms with van der Waals surface area (Å²) < 4.78 is 11.8. The standard InChI is InChI=1S/C47H92N2O4/c1-5-9-13-17-19-24-32-44(30-22-15-11-7-3)42-52-46(50)34-26-21-27-36-49(41-40-48-37-28-29-38-48)39-35-47(51)53-43-45(31-23-16-12-8-4)33-25-20-18-14-10-6-2/h44-45H,5-43H2,1-4H3. The van der Waals surface area contributed by atoms with Crippen LogP contribution >= 0.6 is 0 Å². The van der Waals surface area contributed by atoms with E-state index >= 15 is 0 Å². The highest BCUT2D eigenvalue weighted by Crippen LogP contribution is 2.21. The van der Waals surface area contributed by atoms with E-state index in [1.807, 2.05) is 0 Å². The van der Waals surface area contributed by atoms with Gasteiger partial charge in [-0.2, -0.15) is 0 Å². The number of ether oxygens (including phenoxy) is 2. The van der Waals surface area contributed by atoms with Crippen LogP contribution in [0.3, 0.4) is 0 Å². The first-order chi connectivity index (χ1) is 26.0. The van der Waals surface area contributed by atoms with Gasteiger partial charge in [-0.05, 0) is 82.8 Å². The van der Waals surface area contributed by atoms with E-state index in [0.29, 0.717) is 37.9 Å². The van der Waals surface area contributed by atoms with Gasteiger partial charge in [0.1, 0.15) is 0 Å². The van der Waals surface area contributed by atoms with Gasteiger partial charge in [0, 0.05) is 26.1 Å². The Labute approximate surface area is 331 Å². The first-order valence-electron chi connectivity index (χ1n) is 23.8. The number of carbonyl (C=O) groups is 2. The molecule has 1 aliphatic heterocycles. The van der Waals surface area contributed by atoms with Crippen molar-refractivity contribution in [2.75, 3.05) is 52.5 Å². The molecule has 0 aromatic heterocycles. The molecule has 1 rings (SSSR count). The van der Waals surface area contributed by atoms with E-state index in [2.05, 4.69) is 37.5 Å². The third-order valence-corrected chi connectivity index (χ3v) is 11.7. The van der Waals surface area contributed by atoms with Crippen molar-refractivity contribution in [3.63, 3.8) is 0 Å². The average molecular weight is 749 g/mol. The Morgan fingerprint density at radius 2 is 0.868 bits per heavy atom. The highest BCUT2D eigenvalue weighted by Gasteiger charge is 2.17. The van der Waals surface area contributed by atoms with Gasteiger partial charge >= 0.3 is 11.9 Å². The molecule has 1 aliphatic rings. The molecule has 1 saturated heterocycles. The van der Waals surface area contributed by atoms with Crippen LogP contribution in [0.5, 0.6) is 0 Å². The van der Waals surface area contributed by atoms with Crippen LogP contribution < -0.4 is 0 Å². The van der Waals surface area contributed by atoms with E-state index in [1.54, 1.807) is 0 Å². The van der Waals surface area contributed by atoms with Crippen molar-refractivity contribution in [3.8, 4) is 0 Å². The maximum atomic E-state index is 13.0. The molecule has 0 aromatic rings. The molecule has 2 atom stereocenters. The molecule has 53 heavy (non-hydrogen) atoms. The minimum Gasteiger partial charge on any atom is -0.465 e. The van der Waals surface area contributed by atoms with Gasteiger partial charge in [0.05, 0.1) is 19.6 Å². The Morgan fingerprint density at radius 1 is 0.472 bits per heavy atom. The van der Waals surface area contributed by atoms with Crippen molar-refractivity contribution in [3.05, 3.63) is 0 Å². The monoisotopic (exact) mass is 749 g/mol. The van der Waals surface area contributed by atoms with Gasteiger partial charge in [-0.1, -0.05) is 163 Å². The van der Waals surface area contributed by atoms with Crippen LogP contribution in [-0.4, -0.2) is 74.2 Å². The summed E-state index contributed by atoms with van der Waals surface area (Å²) in [4.78, 5) is 30.7. The van der Waals surface area contributed by atoms with Crippen LogP contribution in [0.15, 0.2) is 0 Å². The number of likely N-dealkylation sites (tertiary alicyclic amines) is 1. The summed E-state index contributed by atoms with van der Waals surface area (Å²) in [6.07, 6.45) is 37.4. The third kappa shape index (κ3) is 31.7. The minimum absolute atomic E-state index is 0.0136. The number of unbranched alkanes of at least 4 members (excludes halogenated alkanes) is 18. The molecule has 0 spiro atoms. The van der Waals surface area contributed by atoms with Gasteiger partial charge in [-0.15, -0.1) is 0 Å². The van der Waals surface area contributed by atoms with E-state index in [1.165, 1.54) is 180 Å². The second-order valence-electron chi connectivity index (χ2n) is 16.9. The predicted octanol–water partition coefficient (Wildman–Crippen LogP) is 13.1. The van der Waals surface area contributed by atoms with Gasteiger partial charge in [0.25, 0.3) is 0 Å². The second kappa shape index (κ2) is 37.8. The van der Waals surface area contributed by atoms with Gasteiger partial charge in [-0.25, -0.2) is 0 Å². The quantitative estimate of drug-likeness (QED) is 0.0459. The molecule has 1 fully saturated rings. The lowest BCUT2D eigenvalue weighted by atomic mass is 9.95. The van der Waals surface area contributed by atoms with Crippen LogP contribution in [0.2, 0.25) is 0 Å². The molecule has 0 bridgehead atoms. The zero-order valence-electron chi connectivity index (χ0n) is 36.3. The molecule has 0 aromatic carbocycles. The van der Waals surface area contributed by atoms with Crippen molar-refractivity contribution in [1.29, 1.82) is 0 Å². The van der Waals surface area contributed by atoms with E-state index in [9.17, 15) is 9.59 Å². The summed E-state index contributed by atoms with van der Waals surface area (Å²) in [6.45, 7) is 16.5. The first kappa shape index (κ1) is 49.9. The highest BCUT2D eigenvalue weighted by molar-refractivity contribution is 5.69. The normalized spacial score (nSPS) is 14.6. The SMILES string of the molecule is CCCCCCCCC(CCCCCC)COC(=O)CCCCCN(CCC(=O)OCC(CCCCCC)CCCCCCCC)CCN1CCCC1. The summed E-state index contributed by atoms with van der Waals surface area (Å²) in [5, 5.41) is 0. The molecule has 0 aliphatic carbocycles. The molecular formula is C47H92N2O4. The summed E-state index contributed by atoms with van der Waals surface area (Å²) in [5.74, 6) is 0.993. The van der Waals surface area contributed by atoms with Crippen molar-refractivity contribution < 1.29 is 19.1 Å².